The van der Waals surface area contributed by atoms with E-state index in [2.05, 4.69) is 5.32 Å². The molecule has 148 valence electrons. The molecule has 0 saturated carbocycles. The number of imide groups is 1. The number of hydrogen-bond acceptors (Lipinski definition) is 6. The number of likely N-dealkylation sites (tertiary alicyclic amines) is 1. The van der Waals surface area contributed by atoms with E-state index in [1.807, 2.05) is 0 Å². The van der Waals surface area contributed by atoms with Crippen molar-refractivity contribution in [2.45, 2.75) is 63.3 Å². The van der Waals surface area contributed by atoms with Crippen LogP contribution in [0.2, 0.25) is 0 Å². The van der Waals surface area contributed by atoms with Gasteiger partial charge in [0.05, 0.1) is 5.25 Å². The van der Waals surface area contributed by atoms with E-state index >= 15 is 0 Å². The summed E-state index contributed by atoms with van der Waals surface area (Å²) in [5, 5.41) is 1.51. The molecule has 2 rings (SSSR count). The first kappa shape index (κ1) is 20.6. The number of sulfonamides is 1. The average Bonchev–Trinajstić information content (AvgIpc) is 2.53. The second kappa shape index (κ2) is 7.51. The molecule has 10 heteroatoms. The number of likely N-dealkylation sites (N-methyl/N-ethyl adjacent to an activating group) is 1. The van der Waals surface area contributed by atoms with E-state index in [9.17, 15) is 22.8 Å². The van der Waals surface area contributed by atoms with Gasteiger partial charge in [0.2, 0.25) is 21.8 Å². The Balaban J connectivity index is 1.98. The Morgan fingerprint density at radius 1 is 1.19 bits per heavy atom. The van der Waals surface area contributed by atoms with Gasteiger partial charge in [-0.15, -0.1) is 0 Å². The Labute approximate surface area is 154 Å². The maximum atomic E-state index is 12.8. The Kier molecular flexibility index (Phi) is 5.96. The largest absolute Gasteiger partial charge is 0.444 e. The fourth-order valence-electron chi connectivity index (χ4n) is 3.10. The van der Waals surface area contributed by atoms with E-state index in [0.717, 1.165) is 4.31 Å². The fraction of sp³-hybridized carbons (Fsp3) is 0.812. The number of amides is 3. The predicted molar refractivity (Wildman–Crippen MR) is 93.7 cm³/mol. The molecule has 2 aliphatic heterocycles. The third kappa shape index (κ3) is 4.73. The molecule has 0 bridgehead atoms. The molecule has 0 aromatic carbocycles. The Morgan fingerprint density at radius 2 is 1.77 bits per heavy atom. The number of ether oxygens (including phenoxy) is 1. The second-order valence-electron chi connectivity index (χ2n) is 7.69. The highest BCUT2D eigenvalue weighted by Crippen LogP contribution is 2.25. The highest BCUT2D eigenvalue weighted by atomic mass is 32.2. The van der Waals surface area contributed by atoms with Gasteiger partial charge in [0.25, 0.3) is 0 Å². The molecule has 0 aliphatic carbocycles. The first-order valence-electron chi connectivity index (χ1n) is 8.70. The molecule has 1 unspecified atom stereocenters. The van der Waals surface area contributed by atoms with Gasteiger partial charge in [-0.2, -0.15) is 4.31 Å². The minimum atomic E-state index is -3.71. The number of nitrogens with one attached hydrogen (secondary N) is 1. The molecule has 0 aromatic heterocycles. The number of nitrogens with zero attached hydrogens (tertiary/aromatic N) is 2. The van der Waals surface area contributed by atoms with E-state index in [4.69, 9.17) is 4.74 Å². The molecule has 2 saturated heterocycles. The monoisotopic (exact) mass is 389 g/mol. The van der Waals surface area contributed by atoms with Gasteiger partial charge >= 0.3 is 6.09 Å². The SMILES string of the molecule is CN(C1CCC(=O)NC1=O)S(=O)(=O)C1CCN(C(=O)OC(C)(C)C)CC1. The van der Waals surface area contributed by atoms with E-state index in [0.29, 0.717) is 0 Å². The molecule has 9 nitrogen and oxygen atoms in total. The summed E-state index contributed by atoms with van der Waals surface area (Å²) in [5.74, 6) is -0.971. The van der Waals surface area contributed by atoms with Crippen LogP contribution in [0.4, 0.5) is 4.79 Å². The third-order valence-electron chi connectivity index (χ3n) is 4.57. The summed E-state index contributed by atoms with van der Waals surface area (Å²) in [6.07, 6.45) is 0.398. The van der Waals surface area contributed by atoms with Crippen LogP contribution in [-0.4, -0.2) is 72.6 Å². The normalized spacial score (nSPS) is 23.1. The van der Waals surface area contributed by atoms with Crippen LogP contribution in [-0.2, 0) is 24.3 Å². The quantitative estimate of drug-likeness (QED) is 0.701. The number of piperidine rings is 2. The highest BCUT2D eigenvalue weighted by molar-refractivity contribution is 7.89. The summed E-state index contributed by atoms with van der Waals surface area (Å²) in [4.78, 5) is 36.8. The summed E-state index contributed by atoms with van der Waals surface area (Å²) in [6, 6.07) is -0.874. The van der Waals surface area contributed by atoms with Gasteiger partial charge in [0.15, 0.2) is 0 Å². The van der Waals surface area contributed by atoms with E-state index in [-0.39, 0.29) is 44.7 Å². The van der Waals surface area contributed by atoms with Crippen molar-refractivity contribution in [1.82, 2.24) is 14.5 Å². The van der Waals surface area contributed by atoms with Crippen LogP contribution in [0.15, 0.2) is 0 Å². The van der Waals surface area contributed by atoms with Crippen molar-refractivity contribution in [2.75, 3.05) is 20.1 Å². The molecule has 2 heterocycles. The maximum Gasteiger partial charge on any atom is 0.410 e. The van der Waals surface area contributed by atoms with Gasteiger partial charge in [-0.1, -0.05) is 0 Å². The molecule has 0 spiro atoms. The molecule has 0 radical (unpaired) electrons. The molecule has 1 N–H and O–H groups in total. The molecular formula is C16H27N3O6S. The zero-order chi connectivity index (χ0) is 19.7. The van der Waals surface area contributed by atoms with Crippen molar-refractivity contribution in [3.05, 3.63) is 0 Å². The van der Waals surface area contributed by atoms with Crippen molar-refractivity contribution in [3.8, 4) is 0 Å². The Bertz CT molecular complexity index is 677. The summed E-state index contributed by atoms with van der Waals surface area (Å²) in [7, 11) is -2.34. The van der Waals surface area contributed by atoms with Crippen LogP contribution in [0.1, 0.15) is 46.5 Å². The van der Waals surface area contributed by atoms with Crippen molar-refractivity contribution in [2.24, 2.45) is 0 Å². The lowest BCUT2D eigenvalue weighted by Gasteiger charge is -2.36. The molecule has 1 atom stereocenters. The summed E-state index contributed by atoms with van der Waals surface area (Å²) in [6.45, 7) is 5.88. The lowest BCUT2D eigenvalue weighted by atomic mass is 10.1. The lowest BCUT2D eigenvalue weighted by Crippen LogP contribution is -2.55. The molecule has 2 fully saturated rings. The summed E-state index contributed by atoms with van der Waals surface area (Å²) in [5.41, 5.74) is -0.605. The standard InChI is InChI=1S/C16H27N3O6S/c1-16(2,3)25-15(22)19-9-7-11(8-10-19)26(23,24)18(4)12-5-6-13(20)17-14(12)21/h11-12H,5-10H2,1-4H3,(H,17,20,21). The molecule has 3 amide bonds. The summed E-state index contributed by atoms with van der Waals surface area (Å²) < 4.78 is 32.1. The van der Waals surface area contributed by atoms with Crippen LogP contribution < -0.4 is 5.32 Å². The van der Waals surface area contributed by atoms with Crippen molar-refractivity contribution < 1.29 is 27.5 Å². The predicted octanol–water partition coefficient (Wildman–Crippen LogP) is 0.453. The van der Waals surface area contributed by atoms with Crippen LogP contribution in [0.5, 0.6) is 0 Å². The second-order valence-corrected chi connectivity index (χ2v) is 9.97. The van der Waals surface area contributed by atoms with Crippen LogP contribution in [0, 0.1) is 0 Å². The van der Waals surface area contributed by atoms with Crippen molar-refractivity contribution in [3.63, 3.8) is 0 Å². The van der Waals surface area contributed by atoms with Gasteiger partial charge in [0.1, 0.15) is 11.6 Å². The van der Waals surface area contributed by atoms with Crippen molar-refractivity contribution >= 4 is 27.9 Å². The van der Waals surface area contributed by atoms with Crippen LogP contribution in [0.25, 0.3) is 0 Å². The minimum Gasteiger partial charge on any atom is -0.444 e. The van der Waals surface area contributed by atoms with Gasteiger partial charge in [-0.3, -0.25) is 14.9 Å². The van der Waals surface area contributed by atoms with Crippen LogP contribution in [0.3, 0.4) is 0 Å². The maximum absolute atomic E-state index is 12.8. The topological polar surface area (TPSA) is 113 Å². The number of rotatable bonds is 3. The Morgan fingerprint density at radius 3 is 2.27 bits per heavy atom. The minimum absolute atomic E-state index is 0.118. The third-order valence-corrected chi connectivity index (χ3v) is 6.94. The lowest BCUT2D eigenvalue weighted by molar-refractivity contribution is -0.135. The molecule has 26 heavy (non-hydrogen) atoms. The van der Waals surface area contributed by atoms with Gasteiger partial charge in [0, 0.05) is 26.6 Å². The van der Waals surface area contributed by atoms with Crippen molar-refractivity contribution in [1.29, 1.82) is 0 Å². The first-order valence-corrected chi connectivity index (χ1v) is 10.2. The van der Waals surface area contributed by atoms with Gasteiger partial charge in [-0.05, 0) is 40.0 Å². The zero-order valence-corrected chi connectivity index (χ0v) is 16.5. The van der Waals surface area contributed by atoms with Gasteiger partial charge < -0.3 is 9.64 Å². The number of carbonyl (C=O) groups excluding carboxylic acids is 3. The number of hydrogen-bond donors (Lipinski definition) is 1. The molecule has 2 aliphatic rings. The van der Waals surface area contributed by atoms with E-state index in [1.54, 1.807) is 20.8 Å². The number of carbonyl (C=O) groups is 3. The highest BCUT2D eigenvalue weighted by Gasteiger charge is 2.41. The smallest absolute Gasteiger partial charge is 0.410 e. The fourth-order valence-corrected chi connectivity index (χ4v) is 4.94. The zero-order valence-electron chi connectivity index (χ0n) is 15.6. The molecular weight excluding hydrogens is 362 g/mol. The first-order chi connectivity index (χ1) is 11.9. The van der Waals surface area contributed by atoms with E-state index < -0.39 is 38.9 Å². The summed E-state index contributed by atoms with van der Waals surface area (Å²) >= 11 is 0. The Hall–Kier alpha value is -1.68. The molecule has 0 aromatic rings. The average molecular weight is 389 g/mol. The van der Waals surface area contributed by atoms with E-state index in [1.165, 1.54) is 11.9 Å². The van der Waals surface area contributed by atoms with Gasteiger partial charge in [-0.25, -0.2) is 13.2 Å². The van der Waals surface area contributed by atoms with Crippen LogP contribution >= 0.6 is 0 Å².